The van der Waals surface area contributed by atoms with Crippen LogP contribution in [0.15, 0.2) is 82.6 Å². The van der Waals surface area contributed by atoms with Gasteiger partial charge >= 0.3 is 0 Å². The molecule has 31 heavy (non-hydrogen) atoms. The van der Waals surface area contributed by atoms with E-state index in [0.29, 0.717) is 36.9 Å². The summed E-state index contributed by atoms with van der Waals surface area (Å²) in [5.74, 6) is -0.0297. The molecule has 0 atom stereocenters. The summed E-state index contributed by atoms with van der Waals surface area (Å²) in [5.41, 5.74) is 15.1. The first kappa shape index (κ1) is 20.5. The van der Waals surface area contributed by atoms with E-state index in [1.807, 2.05) is 30.4 Å². The van der Waals surface area contributed by atoms with Crippen LogP contribution in [0.2, 0.25) is 0 Å². The molecule has 2 aromatic carbocycles. The normalized spacial score (nSPS) is 17.9. The number of phenols is 2. The first-order chi connectivity index (χ1) is 15.0. The Labute approximate surface area is 181 Å². The molecule has 0 radical (unpaired) electrons. The van der Waals surface area contributed by atoms with Gasteiger partial charge in [0, 0.05) is 42.2 Å². The molecule has 6 heteroatoms. The lowest BCUT2D eigenvalue weighted by Gasteiger charge is -2.22. The lowest BCUT2D eigenvalue weighted by Crippen LogP contribution is -2.27. The number of aryl methyl sites for hydroxylation is 1. The summed E-state index contributed by atoms with van der Waals surface area (Å²) < 4.78 is 0. The van der Waals surface area contributed by atoms with Gasteiger partial charge in [-0.05, 0) is 41.7 Å². The second-order valence-corrected chi connectivity index (χ2v) is 7.73. The van der Waals surface area contributed by atoms with E-state index in [1.54, 1.807) is 12.1 Å². The van der Waals surface area contributed by atoms with Crippen molar-refractivity contribution < 1.29 is 15.0 Å². The number of rotatable bonds is 5. The van der Waals surface area contributed by atoms with E-state index in [-0.39, 0.29) is 17.4 Å². The quantitative estimate of drug-likeness (QED) is 0.593. The molecular formula is C25H25N3O3. The fourth-order valence-corrected chi connectivity index (χ4v) is 3.97. The summed E-state index contributed by atoms with van der Waals surface area (Å²) >= 11 is 0. The van der Waals surface area contributed by atoms with Crippen molar-refractivity contribution in [3.63, 3.8) is 0 Å². The van der Waals surface area contributed by atoms with E-state index in [9.17, 15) is 15.0 Å². The number of allylic oxidation sites excluding steroid dienone is 5. The smallest absolute Gasteiger partial charge is 0.240 e. The van der Waals surface area contributed by atoms with Gasteiger partial charge in [0.1, 0.15) is 11.5 Å². The monoisotopic (exact) mass is 415 g/mol. The number of nitrogens with one attached hydrogen (secondary N) is 1. The summed E-state index contributed by atoms with van der Waals surface area (Å²) in [4.78, 5) is 11.4. The van der Waals surface area contributed by atoms with Gasteiger partial charge in [-0.1, -0.05) is 42.5 Å². The molecule has 0 fully saturated rings. The number of nitrogens with zero attached hydrogens (tertiary/aromatic N) is 1. The Balaban J connectivity index is 1.67. The summed E-state index contributed by atoms with van der Waals surface area (Å²) in [7, 11) is 0. The molecule has 6 nitrogen and oxygen atoms in total. The molecule has 2 aromatic rings. The maximum absolute atomic E-state index is 11.4. The van der Waals surface area contributed by atoms with Crippen molar-refractivity contribution in [2.75, 3.05) is 0 Å². The highest BCUT2D eigenvalue weighted by atomic mass is 16.3. The number of nitrogens with two attached hydrogens (primary N) is 1. The van der Waals surface area contributed by atoms with Crippen LogP contribution in [0.25, 0.3) is 5.57 Å². The summed E-state index contributed by atoms with van der Waals surface area (Å²) in [5, 5.41) is 24.4. The van der Waals surface area contributed by atoms with Crippen LogP contribution in [0, 0.1) is 0 Å². The number of hydrazone groups is 1. The number of carbonyl (C=O) groups excluding carboxylic acids is 1. The highest BCUT2D eigenvalue weighted by Crippen LogP contribution is 2.37. The molecule has 0 saturated carbocycles. The first-order valence-electron chi connectivity index (χ1n) is 10.3. The van der Waals surface area contributed by atoms with E-state index in [0.717, 1.165) is 28.9 Å². The highest BCUT2D eigenvalue weighted by molar-refractivity contribution is 6.06. The van der Waals surface area contributed by atoms with Gasteiger partial charge in [-0.3, -0.25) is 4.79 Å². The van der Waals surface area contributed by atoms with Gasteiger partial charge in [-0.25, -0.2) is 5.43 Å². The zero-order valence-electron chi connectivity index (χ0n) is 17.1. The van der Waals surface area contributed by atoms with Gasteiger partial charge in [-0.2, -0.15) is 5.10 Å². The van der Waals surface area contributed by atoms with Gasteiger partial charge in [0.05, 0.1) is 5.71 Å². The molecule has 0 unspecified atom stereocenters. The van der Waals surface area contributed by atoms with Gasteiger partial charge in [0.15, 0.2) is 0 Å². The van der Waals surface area contributed by atoms with Crippen LogP contribution < -0.4 is 11.2 Å². The fourth-order valence-electron chi connectivity index (χ4n) is 3.97. The molecule has 4 rings (SSSR count). The molecular weight excluding hydrogens is 390 g/mol. The third kappa shape index (κ3) is 4.69. The number of phenolic OH excluding ortho intramolecular Hbond substituents is 2. The molecule has 1 amide bonds. The van der Waals surface area contributed by atoms with Crippen molar-refractivity contribution in [1.82, 2.24) is 5.43 Å². The van der Waals surface area contributed by atoms with Crippen molar-refractivity contribution in [2.24, 2.45) is 10.8 Å². The van der Waals surface area contributed by atoms with Crippen molar-refractivity contribution in [3.8, 4) is 11.5 Å². The highest BCUT2D eigenvalue weighted by Gasteiger charge is 2.21. The largest absolute Gasteiger partial charge is 0.508 e. The van der Waals surface area contributed by atoms with Crippen LogP contribution in [0.1, 0.15) is 36.8 Å². The molecule has 158 valence electrons. The maximum atomic E-state index is 11.4. The topological polar surface area (TPSA) is 108 Å². The van der Waals surface area contributed by atoms with Crippen LogP contribution in [0.4, 0.5) is 0 Å². The summed E-state index contributed by atoms with van der Waals surface area (Å²) in [6.45, 7) is 0. The van der Waals surface area contributed by atoms with E-state index in [1.165, 1.54) is 11.6 Å². The third-order valence-corrected chi connectivity index (χ3v) is 5.59. The predicted octanol–water partition coefficient (Wildman–Crippen LogP) is 3.92. The van der Waals surface area contributed by atoms with Crippen LogP contribution >= 0.6 is 0 Å². The average molecular weight is 415 g/mol. The number of hydrogen-bond donors (Lipinski definition) is 4. The number of benzene rings is 2. The van der Waals surface area contributed by atoms with Crippen molar-refractivity contribution in [1.29, 1.82) is 0 Å². The molecule has 0 saturated heterocycles. The zero-order valence-corrected chi connectivity index (χ0v) is 17.1. The molecule has 1 aliphatic heterocycles. The van der Waals surface area contributed by atoms with E-state index >= 15 is 0 Å². The van der Waals surface area contributed by atoms with Gasteiger partial charge in [-0.15, -0.1) is 0 Å². The minimum Gasteiger partial charge on any atom is -0.508 e. The second-order valence-electron chi connectivity index (χ2n) is 7.73. The van der Waals surface area contributed by atoms with E-state index in [2.05, 4.69) is 22.7 Å². The van der Waals surface area contributed by atoms with Crippen molar-refractivity contribution >= 4 is 17.2 Å². The van der Waals surface area contributed by atoms with Crippen LogP contribution in [0.5, 0.6) is 11.5 Å². The predicted molar refractivity (Wildman–Crippen MR) is 121 cm³/mol. The lowest BCUT2D eigenvalue weighted by atomic mass is 9.86. The Kier molecular flexibility index (Phi) is 5.89. The van der Waals surface area contributed by atoms with Gasteiger partial charge < -0.3 is 15.9 Å². The van der Waals surface area contributed by atoms with E-state index < -0.39 is 0 Å². The minimum atomic E-state index is -0.0886. The Bertz CT molecular complexity index is 1130. The number of hydrogen-bond acceptors (Lipinski definition) is 5. The zero-order chi connectivity index (χ0) is 21.8. The standard InChI is InChI=1S/C25H25N3O3/c26-22-14-17(7-10-21(22)23-12-13-25(31)28-27-23)19(9-6-16-4-2-1-3-5-16)20-11-8-18(29)15-24(20)30/h1-5,7-8,10-11,15,29-30H,6,9,12-14,26H2,(H,28,31). The third-order valence-electron chi connectivity index (χ3n) is 5.59. The fraction of sp³-hybridized carbons (Fsp3) is 0.200. The van der Waals surface area contributed by atoms with Gasteiger partial charge in [0.2, 0.25) is 5.91 Å². The van der Waals surface area contributed by atoms with Crippen LogP contribution in [0.3, 0.4) is 0 Å². The minimum absolute atomic E-state index is 0.0203. The molecule has 0 bridgehead atoms. The molecule has 1 heterocycles. The summed E-state index contributed by atoms with van der Waals surface area (Å²) in [6.07, 6.45) is 6.94. The number of aromatic hydroxyl groups is 2. The number of amides is 1. The van der Waals surface area contributed by atoms with Crippen LogP contribution in [-0.2, 0) is 11.2 Å². The Hall–Kier alpha value is -3.80. The summed E-state index contributed by atoms with van der Waals surface area (Å²) in [6, 6.07) is 14.8. The SMILES string of the molecule is NC1=C(C2=NNC(=O)CC2)C=CC(=C(CCc2ccccc2)c2ccc(O)cc2O)C1. The Morgan fingerprint density at radius 1 is 1.06 bits per heavy atom. The van der Waals surface area contributed by atoms with Crippen molar-refractivity contribution in [3.05, 3.63) is 88.7 Å². The molecule has 2 aliphatic rings. The second kappa shape index (κ2) is 8.92. The van der Waals surface area contributed by atoms with Crippen LogP contribution in [-0.4, -0.2) is 21.8 Å². The lowest BCUT2D eigenvalue weighted by molar-refractivity contribution is -0.121. The molecule has 0 aromatic heterocycles. The van der Waals surface area contributed by atoms with Crippen molar-refractivity contribution in [2.45, 2.75) is 32.1 Å². The maximum Gasteiger partial charge on any atom is 0.240 e. The number of carbonyl (C=O) groups is 1. The molecule has 1 aliphatic carbocycles. The van der Waals surface area contributed by atoms with E-state index in [4.69, 9.17) is 5.73 Å². The first-order valence-corrected chi connectivity index (χ1v) is 10.3. The molecule has 5 N–H and O–H groups in total. The Morgan fingerprint density at radius 2 is 1.87 bits per heavy atom. The van der Waals surface area contributed by atoms with Gasteiger partial charge in [0.25, 0.3) is 0 Å². The Morgan fingerprint density at radius 3 is 2.55 bits per heavy atom. The average Bonchev–Trinajstić information content (AvgIpc) is 2.77. The molecule has 0 spiro atoms.